The minimum Gasteiger partial charge on any atom is -0.272 e. The topological polar surface area (TPSA) is 145 Å². The lowest BCUT2D eigenvalue weighted by atomic mass is 10.1. The SMILES string of the molecule is CC(C)(C)n1nnnc1SCC(=O)NNC(=O)c1cccc([N+](=O)[O-])c1. The van der Waals surface area contributed by atoms with Crippen LogP contribution in [0.1, 0.15) is 31.1 Å². The number of nitrogens with zero attached hydrogens (tertiary/aromatic N) is 5. The first-order valence-corrected chi connectivity index (χ1v) is 8.42. The molecule has 0 saturated heterocycles. The van der Waals surface area contributed by atoms with Crippen molar-refractivity contribution in [3.63, 3.8) is 0 Å². The van der Waals surface area contributed by atoms with E-state index in [0.717, 1.165) is 17.8 Å². The van der Waals surface area contributed by atoms with Gasteiger partial charge in [0.25, 0.3) is 11.6 Å². The van der Waals surface area contributed by atoms with Crippen molar-refractivity contribution in [3.05, 3.63) is 39.9 Å². The molecule has 2 N–H and O–H groups in total. The lowest BCUT2D eigenvalue weighted by Crippen LogP contribution is -2.42. The maximum Gasteiger partial charge on any atom is 0.270 e. The van der Waals surface area contributed by atoms with Crippen molar-refractivity contribution in [1.29, 1.82) is 0 Å². The van der Waals surface area contributed by atoms with E-state index in [1.165, 1.54) is 18.2 Å². The van der Waals surface area contributed by atoms with E-state index in [9.17, 15) is 19.7 Å². The van der Waals surface area contributed by atoms with Crippen LogP contribution in [-0.4, -0.2) is 42.7 Å². The molecular weight excluding hydrogens is 362 g/mol. The van der Waals surface area contributed by atoms with Gasteiger partial charge in [-0.2, -0.15) is 0 Å². The van der Waals surface area contributed by atoms with Crippen LogP contribution < -0.4 is 10.9 Å². The minimum absolute atomic E-state index is 0.0222. The number of amides is 2. The second-order valence-electron chi connectivity index (χ2n) is 6.14. The molecule has 0 atom stereocenters. The van der Waals surface area contributed by atoms with E-state index in [-0.39, 0.29) is 22.5 Å². The predicted molar refractivity (Wildman–Crippen MR) is 92.2 cm³/mol. The van der Waals surface area contributed by atoms with Crippen LogP contribution in [0.3, 0.4) is 0 Å². The Morgan fingerprint density at radius 2 is 2.04 bits per heavy atom. The van der Waals surface area contributed by atoms with Crippen molar-refractivity contribution in [2.45, 2.75) is 31.5 Å². The fourth-order valence-corrected chi connectivity index (χ4v) is 2.67. The van der Waals surface area contributed by atoms with Gasteiger partial charge in [0.15, 0.2) is 0 Å². The Kier molecular flexibility index (Phi) is 5.87. The third kappa shape index (κ3) is 4.99. The zero-order valence-electron chi connectivity index (χ0n) is 14.3. The van der Waals surface area contributed by atoms with E-state index in [2.05, 4.69) is 26.4 Å². The molecule has 0 spiro atoms. The summed E-state index contributed by atoms with van der Waals surface area (Å²) in [5.74, 6) is -1.16. The first-order chi connectivity index (χ1) is 12.2. The summed E-state index contributed by atoms with van der Waals surface area (Å²) >= 11 is 1.12. The predicted octanol–water partition coefficient (Wildman–Crippen LogP) is 0.890. The molecule has 12 heteroatoms. The maximum atomic E-state index is 12.0. The Bertz CT molecular complexity index is 831. The number of hydrogen-bond donors (Lipinski definition) is 2. The lowest BCUT2D eigenvalue weighted by Gasteiger charge is -2.19. The molecule has 0 unspecified atom stereocenters. The number of nitro groups is 1. The molecule has 0 aliphatic carbocycles. The summed E-state index contributed by atoms with van der Waals surface area (Å²) in [6, 6.07) is 5.18. The zero-order chi connectivity index (χ0) is 19.3. The molecule has 11 nitrogen and oxygen atoms in total. The number of tetrazole rings is 1. The summed E-state index contributed by atoms with van der Waals surface area (Å²) in [4.78, 5) is 33.9. The first kappa shape index (κ1) is 19.3. The highest BCUT2D eigenvalue weighted by Gasteiger charge is 2.20. The number of aromatic nitrogens is 4. The number of benzene rings is 1. The second kappa shape index (κ2) is 7.91. The largest absolute Gasteiger partial charge is 0.272 e. The zero-order valence-corrected chi connectivity index (χ0v) is 15.1. The molecule has 26 heavy (non-hydrogen) atoms. The molecule has 2 aromatic rings. The molecule has 2 amide bonds. The average molecular weight is 379 g/mol. The van der Waals surface area contributed by atoms with Crippen LogP contribution in [0.15, 0.2) is 29.4 Å². The van der Waals surface area contributed by atoms with Crippen molar-refractivity contribution in [2.75, 3.05) is 5.75 Å². The van der Waals surface area contributed by atoms with E-state index in [0.29, 0.717) is 5.16 Å². The number of hydrogen-bond acceptors (Lipinski definition) is 8. The van der Waals surface area contributed by atoms with E-state index in [4.69, 9.17) is 0 Å². The van der Waals surface area contributed by atoms with Crippen molar-refractivity contribution in [1.82, 2.24) is 31.1 Å². The van der Waals surface area contributed by atoms with Gasteiger partial charge in [-0.3, -0.25) is 30.6 Å². The van der Waals surface area contributed by atoms with Crippen LogP contribution in [0.2, 0.25) is 0 Å². The quantitative estimate of drug-likeness (QED) is 0.442. The van der Waals surface area contributed by atoms with Gasteiger partial charge in [0.2, 0.25) is 11.1 Å². The Labute approximate surface area is 152 Å². The van der Waals surface area contributed by atoms with Gasteiger partial charge in [0.05, 0.1) is 16.2 Å². The Morgan fingerprint density at radius 3 is 2.69 bits per heavy atom. The normalized spacial score (nSPS) is 11.0. The number of nitro benzene ring substituents is 1. The molecule has 0 radical (unpaired) electrons. The number of carbonyl (C=O) groups excluding carboxylic acids is 2. The van der Waals surface area contributed by atoms with Gasteiger partial charge in [0, 0.05) is 17.7 Å². The third-order valence-corrected chi connectivity index (χ3v) is 3.96. The number of hydrazine groups is 1. The van der Waals surface area contributed by atoms with Gasteiger partial charge in [-0.1, -0.05) is 17.8 Å². The molecule has 1 aromatic carbocycles. The summed E-state index contributed by atoms with van der Waals surface area (Å²) in [5, 5.41) is 22.5. The molecule has 1 aromatic heterocycles. The van der Waals surface area contributed by atoms with Crippen LogP contribution >= 0.6 is 11.8 Å². The summed E-state index contributed by atoms with van der Waals surface area (Å²) in [6.45, 7) is 5.77. The summed E-state index contributed by atoms with van der Waals surface area (Å²) in [7, 11) is 0. The molecule has 0 bridgehead atoms. The van der Waals surface area contributed by atoms with Crippen LogP contribution in [0.4, 0.5) is 5.69 Å². The molecule has 1 heterocycles. The molecule has 0 saturated carbocycles. The van der Waals surface area contributed by atoms with Crippen LogP contribution in [0.5, 0.6) is 0 Å². The summed E-state index contributed by atoms with van der Waals surface area (Å²) in [5.41, 5.74) is 3.96. The van der Waals surface area contributed by atoms with E-state index < -0.39 is 16.7 Å². The number of non-ortho nitro benzene ring substituents is 1. The second-order valence-corrected chi connectivity index (χ2v) is 7.08. The summed E-state index contributed by atoms with van der Waals surface area (Å²) in [6.07, 6.45) is 0. The number of rotatable bonds is 5. The average Bonchev–Trinajstić information content (AvgIpc) is 3.07. The number of thioether (sulfide) groups is 1. The monoisotopic (exact) mass is 379 g/mol. The maximum absolute atomic E-state index is 12.0. The molecular formula is C14H17N7O4S. The Hall–Kier alpha value is -3.02. The van der Waals surface area contributed by atoms with E-state index in [1.54, 1.807) is 4.68 Å². The van der Waals surface area contributed by atoms with E-state index in [1.807, 2.05) is 20.8 Å². The highest BCUT2D eigenvalue weighted by Crippen LogP contribution is 2.20. The minimum atomic E-state index is -0.661. The first-order valence-electron chi connectivity index (χ1n) is 7.44. The van der Waals surface area contributed by atoms with Gasteiger partial charge in [-0.25, -0.2) is 4.68 Å². The van der Waals surface area contributed by atoms with Crippen molar-refractivity contribution in [3.8, 4) is 0 Å². The smallest absolute Gasteiger partial charge is 0.270 e. The highest BCUT2D eigenvalue weighted by atomic mass is 32.2. The van der Waals surface area contributed by atoms with Gasteiger partial charge in [-0.15, -0.1) is 5.10 Å². The number of carbonyl (C=O) groups is 2. The van der Waals surface area contributed by atoms with Gasteiger partial charge in [0.1, 0.15) is 0 Å². The molecule has 0 fully saturated rings. The van der Waals surface area contributed by atoms with Crippen LogP contribution in [-0.2, 0) is 10.3 Å². The third-order valence-electron chi connectivity index (χ3n) is 3.04. The van der Waals surface area contributed by atoms with E-state index >= 15 is 0 Å². The fraction of sp³-hybridized carbons (Fsp3) is 0.357. The molecule has 0 aliphatic heterocycles. The number of nitrogens with one attached hydrogen (secondary N) is 2. The molecule has 2 rings (SSSR count). The van der Waals surface area contributed by atoms with Crippen molar-refractivity contribution >= 4 is 29.3 Å². The van der Waals surface area contributed by atoms with Gasteiger partial charge >= 0.3 is 0 Å². The van der Waals surface area contributed by atoms with Crippen molar-refractivity contribution < 1.29 is 14.5 Å². The fourth-order valence-electron chi connectivity index (χ4n) is 1.82. The lowest BCUT2D eigenvalue weighted by molar-refractivity contribution is -0.384. The van der Waals surface area contributed by atoms with Crippen molar-refractivity contribution in [2.24, 2.45) is 0 Å². The highest BCUT2D eigenvalue weighted by molar-refractivity contribution is 7.99. The standard InChI is InChI=1S/C14H17N7O4S/c1-14(2,3)20-13(17-18-19-20)26-8-11(22)15-16-12(23)9-5-4-6-10(7-9)21(24)25/h4-7H,8H2,1-3H3,(H,15,22)(H,16,23). The van der Waals surface area contributed by atoms with Gasteiger partial charge in [-0.05, 0) is 37.3 Å². The van der Waals surface area contributed by atoms with Gasteiger partial charge < -0.3 is 0 Å². The molecule has 0 aliphatic rings. The Balaban J connectivity index is 1.87. The van der Waals surface area contributed by atoms with Crippen LogP contribution in [0, 0.1) is 10.1 Å². The molecule has 138 valence electrons. The van der Waals surface area contributed by atoms with Crippen LogP contribution in [0.25, 0.3) is 0 Å². The summed E-state index contributed by atoms with van der Waals surface area (Å²) < 4.78 is 1.59. The Morgan fingerprint density at radius 1 is 1.31 bits per heavy atom.